The Labute approximate surface area is 64.3 Å². The van der Waals surface area contributed by atoms with Crippen LogP contribution in [0.2, 0.25) is 0 Å². The summed E-state index contributed by atoms with van der Waals surface area (Å²) in [6.45, 7) is 6.39. The predicted octanol–water partition coefficient (Wildman–Crippen LogP) is 2.68. The maximum absolute atomic E-state index is 5.72. The molecule has 0 aromatic heterocycles. The summed E-state index contributed by atoms with van der Waals surface area (Å²) in [6.07, 6.45) is 5.78. The van der Waals surface area contributed by atoms with Crippen molar-refractivity contribution in [1.82, 2.24) is 0 Å². The van der Waals surface area contributed by atoms with Crippen molar-refractivity contribution in [3.05, 3.63) is 11.8 Å². The van der Waals surface area contributed by atoms with Gasteiger partial charge in [-0.1, -0.05) is 32.8 Å². The van der Waals surface area contributed by atoms with Crippen molar-refractivity contribution >= 4 is 0 Å². The molecule has 0 aromatic rings. The van der Waals surface area contributed by atoms with E-state index in [9.17, 15) is 0 Å². The van der Waals surface area contributed by atoms with E-state index in [4.69, 9.17) is 5.73 Å². The van der Waals surface area contributed by atoms with Gasteiger partial charge in [-0.15, -0.1) is 0 Å². The Kier molecular flexibility index (Phi) is 5.09. The first-order valence-electron chi connectivity index (χ1n) is 4.14. The second-order valence-corrected chi connectivity index (χ2v) is 2.83. The third-order valence-electron chi connectivity index (χ3n) is 1.89. The second kappa shape index (κ2) is 5.33. The Hall–Kier alpha value is -0.460. The van der Waals surface area contributed by atoms with Gasteiger partial charge >= 0.3 is 0 Å². The summed E-state index contributed by atoms with van der Waals surface area (Å²) in [4.78, 5) is 0. The van der Waals surface area contributed by atoms with Gasteiger partial charge in [-0.25, -0.2) is 0 Å². The Morgan fingerprint density at radius 3 is 2.60 bits per heavy atom. The lowest BCUT2D eigenvalue weighted by Gasteiger charge is -2.09. The minimum atomic E-state index is 0.574. The third kappa shape index (κ3) is 3.54. The van der Waals surface area contributed by atoms with E-state index >= 15 is 0 Å². The molecule has 0 heterocycles. The first-order valence-corrected chi connectivity index (χ1v) is 4.14. The molecule has 1 nitrogen and oxygen atoms in total. The zero-order valence-electron chi connectivity index (χ0n) is 7.35. The lowest BCUT2D eigenvalue weighted by Crippen LogP contribution is -2.07. The molecule has 2 N–H and O–H groups in total. The van der Waals surface area contributed by atoms with Gasteiger partial charge in [-0.2, -0.15) is 0 Å². The Morgan fingerprint density at radius 1 is 1.60 bits per heavy atom. The monoisotopic (exact) mass is 141 g/mol. The van der Waals surface area contributed by atoms with Crippen molar-refractivity contribution < 1.29 is 0 Å². The highest BCUT2D eigenvalue weighted by atomic mass is 14.6. The molecule has 0 radical (unpaired) electrons. The maximum Gasteiger partial charge on any atom is 0.00659 e. The summed E-state index contributed by atoms with van der Waals surface area (Å²) in [5, 5.41) is 0. The SMILES string of the molecule is CC=C(N)[C@H](C)CCCC. The van der Waals surface area contributed by atoms with E-state index in [2.05, 4.69) is 13.8 Å². The fourth-order valence-electron chi connectivity index (χ4n) is 0.961. The van der Waals surface area contributed by atoms with Crippen LogP contribution in [0.3, 0.4) is 0 Å². The van der Waals surface area contributed by atoms with Gasteiger partial charge in [0.05, 0.1) is 0 Å². The second-order valence-electron chi connectivity index (χ2n) is 2.83. The summed E-state index contributed by atoms with van der Waals surface area (Å²) in [6, 6.07) is 0. The molecular formula is C9H19N. The van der Waals surface area contributed by atoms with Crippen LogP contribution in [-0.4, -0.2) is 0 Å². The minimum Gasteiger partial charge on any atom is -0.402 e. The molecule has 0 amide bonds. The molecule has 0 rings (SSSR count). The molecule has 0 spiro atoms. The van der Waals surface area contributed by atoms with Crippen LogP contribution in [0.15, 0.2) is 11.8 Å². The van der Waals surface area contributed by atoms with Crippen LogP contribution >= 0.6 is 0 Å². The molecule has 60 valence electrons. The van der Waals surface area contributed by atoms with Crippen LogP contribution in [0.4, 0.5) is 0 Å². The highest BCUT2D eigenvalue weighted by Crippen LogP contribution is 2.12. The summed E-state index contributed by atoms with van der Waals surface area (Å²) >= 11 is 0. The van der Waals surface area contributed by atoms with E-state index in [0.717, 1.165) is 5.70 Å². The van der Waals surface area contributed by atoms with Crippen molar-refractivity contribution in [3.63, 3.8) is 0 Å². The van der Waals surface area contributed by atoms with Gasteiger partial charge in [0.2, 0.25) is 0 Å². The highest BCUT2D eigenvalue weighted by molar-refractivity contribution is 4.98. The standard InChI is InChI=1S/C9H19N/c1-4-6-7-8(3)9(10)5-2/h5,8H,4,6-7,10H2,1-3H3/t8-/m1/s1. The van der Waals surface area contributed by atoms with Crippen LogP contribution in [0.5, 0.6) is 0 Å². The molecule has 0 saturated heterocycles. The third-order valence-corrected chi connectivity index (χ3v) is 1.89. The molecule has 1 heteroatoms. The molecular weight excluding hydrogens is 122 g/mol. The zero-order chi connectivity index (χ0) is 7.98. The number of rotatable bonds is 4. The van der Waals surface area contributed by atoms with Gasteiger partial charge in [0.15, 0.2) is 0 Å². The van der Waals surface area contributed by atoms with E-state index < -0.39 is 0 Å². The highest BCUT2D eigenvalue weighted by Gasteiger charge is 2.01. The summed E-state index contributed by atoms with van der Waals surface area (Å²) in [7, 11) is 0. The van der Waals surface area contributed by atoms with Crippen molar-refractivity contribution in [2.45, 2.75) is 40.0 Å². The molecule has 0 aliphatic rings. The van der Waals surface area contributed by atoms with Crippen molar-refractivity contribution in [2.75, 3.05) is 0 Å². The molecule has 0 bridgehead atoms. The molecule has 0 aromatic carbocycles. The molecule has 1 atom stereocenters. The number of nitrogens with two attached hydrogens (primary N) is 1. The van der Waals surface area contributed by atoms with Gasteiger partial charge in [0.1, 0.15) is 0 Å². The predicted molar refractivity (Wildman–Crippen MR) is 46.6 cm³/mol. The van der Waals surface area contributed by atoms with Crippen molar-refractivity contribution in [3.8, 4) is 0 Å². The molecule has 0 fully saturated rings. The fraction of sp³-hybridized carbons (Fsp3) is 0.778. The molecule has 0 unspecified atom stereocenters. The Morgan fingerprint density at radius 2 is 2.20 bits per heavy atom. The lowest BCUT2D eigenvalue weighted by atomic mass is 10.0. The van der Waals surface area contributed by atoms with Gasteiger partial charge in [-0.05, 0) is 19.3 Å². The number of hydrogen-bond acceptors (Lipinski definition) is 1. The lowest BCUT2D eigenvalue weighted by molar-refractivity contribution is 0.566. The first-order chi connectivity index (χ1) is 4.72. The van der Waals surface area contributed by atoms with Gasteiger partial charge in [-0.3, -0.25) is 0 Å². The largest absolute Gasteiger partial charge is 0.402 e. The summed E-state index contributed by atoms with van der Waals surface area (Å²) in [5.41, 5.74) is 6.75. The molecule has 0 aliphatic heterocycles. The van der Waals surface area contributed by atoms with Crippen LogP contribution in [0.1, 0.15) is 40.0 Å². The quantitative estimate of drug-likeness (QED) is 0.640. The van der Waals surface area contributed by atoms with Gasteiger partial charge < -0.3 is 5.73 Å². The fourth-order valence-corrected chi connectivity index (χ4v) is 0.961. The Balaban J connectivity index is 3.51. The summed E-state index contributed by atoms with van der Waals surface area (Å²) in [5.74, 6) is 0.574. The molecule has 0 saturated carbocycles. The van der Waals surface area contributed by atoms with Crippen LogP contribution < -0.4 is 5.73 Å². The van der Waals surface area contributed by atoms with Crippen LogP contribution in [-0.2, 0) is 0 Å². The maximum atomic E-state index is 5.72. The number of unbranched alkanes of at least 4 members (excludes halogenated alkanes) is 1. The summed E-state index contributed by atoms with van der Waals surface area (Å²) < 4.78 is 0. The topological polar surface area (TPSA) is 26.0 Å². The van der Waals surface area contributed by atoms with E-state index in [-0.39, 0.29) is 0 Å². The van der Waals surface area contributed by atoms with Crippen LogP contribution in [0.25, 0.3) is 0 Å². The number of hydrogen-bond donors (Lipinski definition) is 1. The van der Waals surface area contributed by atoms with Crippen molar-refractivity contribution in [1.29, 1.82) is 0 Å². The van der Waals surface area contributed by atoms with Gasteiger partial charge in [0.25, 0.3) is 0 Å². The van der Waals surface area contributed by atoms with E-state index in [1.54, 1.807) is 0 Å². The normalized spacial score (nSPS) is 15.3. The average Bonchev–Trinajstić information content (AvgIpc) is 1.98. The van der Waals surface area contributed by atoms with Crippen molar-refractivity contribution in [2.24, 2.45) is 11.7 Å². The first kappa shape index (κ1) is 9.54. The molecule has 10 heavy (non-hydrogen) atoms. The smallest absolute Gasteiger partial charge is 0.00659 e. The van der Waals surface area contributed by atoms with E-state index in [1.807, 2.05) is 13.0 Å². The van der Waals surface area contributed by atoms with E-state index in [1.165, 1.54) is 19.3 Å². The molecule has 0 aliphatic carbocycles. The zero-order valence-corrected chi connectivity index (χ0v) is 7.35. The van der Waals surface area contributed by atoms with E-state index in [0.29, 0.717) is 5.92 Å². The van der Waals surface area contributed by atoms with Gasteiger partial charge in [0, 0.05) is 5.70 Å². The minimum absolute atomic E-state index is 0.574. The number of allylic oxidation sites excluding steroid dienone is 2. The average molecular weight is 141 g/mol. The Bertz CT molecular complexity index is 105. The van der Waals surface area contributed by atoms with Crippen LogP contribution in [0, 0.1) is 5.92 Å².